The highest BCUT2D eigenvalue weighted by Crippen LogP contribution is 1.93. The number of aliphatic carboxylic acids is 2. The number of carboxylic acids is 2. The first-order valence-corrected chi connectivity index (χ1v) is 3.55. The maximum atomic E-state index is 9.99. The van der Waals surface area contributed by atoms with Crippen LogP contribution in [0.4, 0.5) is 0 Å². The molecule has 0 heterocycles. The Kier molecular flexibility index (Phi) is 9.41. The summed E-state index contributed by atoms with van der Waals surface area (Å²) in [7, 11) is 0. The summed E-state index contributed by atoms with van der Waals surface area (Å²) in [5.74, 6) is -2.20. The summed E-state index contributed by atoms with van der Waals surface area (Å²) < 4.78 is 0. The van der Waals surface area contributed by atoms with Crippen LogP contribution in [-0.2, 0) is 14.4 Å². The van der Waals surface area contributed by atoms with Gasteiger partial charge in [-0.1, -0.05) is 0 Å². The lowest BCUT2D eigenvalue weighted by molar-refractivity contribution is -0.139. The second-order valence-electron chi connectivity index (χ2n) is 2.11. The average Bonchev–Trinajstić information content (AvgIpc) is 2.01. The van der Waals surface area contributed by atoms with Crippen molar-refractivity contribution in [3.63, 3.8) is 0 Å². The molecule has 0 rings (SSSR count). The molecule has 13 heavy (non-hydrogen) atoms. The highest BCUT2D eigenvalue weighted by atomic mass is 16.4. The first kappa shape index (κ1) is 14.1. The molecule has 1 unspecified atom stereocenters. The summed E-state index contributed by atoms with van der Waals surface area (Å²) >= 11 is 0. The maximum Gasteiger partial charge on any atom is 0.320 e. The van der Waals surface area contributed by atoms with Crippen LogP contribution in [0, 0.1) is 0 Å². The minimum atomic E-state index is -1.17. The van der Waals surface area contributed by atoms with Gasteiger partial charge in [-0.25, -0.2) is 0 Å². The van der Waals surface area contributed by atoms with Crippen LogP contribution in [0.3, 0.4) is 0 Å². The molecule has 0 aliphatic heterocycles. The average molecular weight is 191 g/mol. The van der Waals surface area contributed by atoms with Crippen LogP contribution < -0.4 is 5.73 Å². The molecule has 6 heteroatoms. The van der Waals surface area contributed by atoms with Gasteiger partial charge in [-0.2, -0.15) is 0 Å². The van der Waals surface area contributed by atoms with Gasteiger partial charge in [0.05, 0.1) is 0 Å². The highest BCUT2D eigenvalue weighted by Gasteiger charge is 2.12. The standard InChI is InChI=1S/C5H9NO4.C2H4O/c6-3(5(9)10)1-2-4(7)8;1-2-3/h3H,1-2,6H2,(H,7,8)(H,9,10);2H,1H3. The Bertz CT molecular complexity index is 180. The monoisotopic (exact) mass is 191 g/mol. The van der Waals surface area contributed by atoms with Crippen molar-refractivity contribution >= 4 is 18.2 Å². The zero-order chi connectivity index (χ0) is 10.9. The third-order valence-electron chi connectivity index (χ3n) is 0.986. The third-order valence-corrected chi connectivity index (χ3v) is 0.986. The Balaban J connectivity index is 0. The topological polar surface area (TPSA) is 118 Å². The molecule has 0 saturated heterocycles. The van der Waals surface area contributed by atoms with Crippen molar-refractivity contribution in [1.82, 2.24) is 0 Å². The minimum absolute atomic E-state index is 0.0231. The zero-order valence-electron chi connectivity index (χ0n) is 7.27. The zero-order valence-corrected chi connectivity index (χ0v) is 7.27. The molecular formula is C7H13NO5. The summed E-state index contributed by atoms with van der Waals surface area (Å²) in [5, 5.41) is 16.3. The van der Waals surface area contributed by atoms with Crippen LogP contribution in [0.2, 0.25) is 0 Å². The number of hydrogen-bond acceptors (Lipinski definition) is 4. The van der Waals surface area contributed by atoms with Crippen LogP contribution in [0.1, 0.15) is 19.8 Å². The summed E-state index contributed by atoms with van der Waals surface area (Å²) in [6, 6.07) is -1.06. The van der Waals surface area contributed by atoms with Gasteiger partial charge in [-0.05, 0) is 13.3 Å². The van der Waals surface area contributed by atoms with Gasteiger partial charge < -0.3 is 20.7 Å². The number of carbonyl (C=O) groups is 3. The molecule has 0 aromatic heterocycles. The molecule has 4 N–H and O–H groups in total. The number of carbonyl (C=O) groups excluding carboxylic acids is 1. The van der Waals surface area contributed by atoms with Crippen LogP contribution in [0.5, 0.6) is 0 Å². The number of carboxylic acid groups (broad SMARTS) is 2. The lowest BCUT2D eigenvalue weighted by atomic mass is 10.2. The molecule has 0 saturated carbocycles. The van der Waals surface area contributed by atoms with E-state index in [1.807, 2.05) is 0 Å². The Morgan fingerprint density at radius 1 is 1.46 bits per heavy atom. The molecule has 0 aromatic carbocycles. The van der Waals surface area contributed by atoms with Crippen molar-refractivity contribution < 1.29 is 24.6 Å². The van der Waals surface area contributed by atoms with E-state index in [0.717, 1.165) is 6.29 Å². The predicted octanol–water partition coefficient (Wildman–Crippen LogP) is -0.532. The summed E-state index contributed by atoms with van der Waals surface area (Å²) in [6.07, 6.45) is 0.526. The first-order chi connectivity index (χ1) is 5.95. The number of nitrogens with two attached hydrogens (primary N) is 1. The van der Waals surface area contributed by atoms with Crippen molar-refractivity contribution in [3.8, 4) is 0 Å². The Labute approximate surface area is 75.3 Å². The molecule has 0 aromatic rings. The number of aldehydes is 1. The van der Waals surface area contributed by atoms with Crippen LogP contribution in [-0.4, -0.2) is 34.5 Å². The summed E-state index contributed by atoms with van der Waals surface area (Å²) in [6.45, 7) is 1.44. The van der Waals surface area contributed by atoms with E-state index in [0.29, 0.717) is 0 Å². The molecular weight excluding hydrogens is 178 g/mol. The molecule has 0 fully saturated rings. The predicted molar refractivity (Wildman–Crippen MR) is 44.2 cm³/mol. The quantitative estimate of drug-likeness (QED) is 0.514. The van der Waals surface area contributed by atoms with Crippen molar-refractivity contribution in [1.29, 1.82) is 0 Å². The maximum absolute atomic E-state index is 9.99. The Morgan fingerprint density at radius 2 is 1.85 bits per heavy atom. The van der Waals surface area contributed by atoms with E-state index in [1.165, 1.54) is 6.92 Å². The van der Waals surface area contributed by atoms with Crippen LogP contribution in [0.15, 0.2) is 0 Å². The van der Waals surface area contributed by atoms with Gasteiger partial charge in [0, 0.05) is 6.42 Å². The summed E-state index contributed by atoms with van der Waals surface area (Å²) in [4.78, 5) is 28.7. The van der Waals surface area contributed by atoms with Gasteiger partial charge in [0.25, 0.3) is 0 Å². The lowest BCUT2D eigenvalue weighted by Gasteiger charge is -2.01. The normalized spacial score (nSPS) is 10.6. The molecule has 0 aliphatic rings. The van der Waals surface area contributed by atoms with E-state index >= 15 is 0 Å². The molecule has 1 atom stereocenters. The van der Waals surface area contributed by atoms with Crippen molar-refractivity contribution in [3.05, 3.63) is 0 Å². The second-order valence-corrected chi connectivity index (χ2v) is 2.11. The van der Waals surface area contributed by atoms with E-state index in [2.05, 4.69) is 0 Å². The fourth-order valence-electron chi connectivity index (χ4n) is 0.402. The molecule has 76 valence electrons. The Hall–Kier alpha value is -1.43. The fraction of sp³-hybridized carbons (Fsp3) is 0.571. The minimum Gasteiger partial charge on any atom is -0.481 e. The highest BCUT2D eigenvalue weighted by molar-refractivity contribution is 5.74. The number of hydrogen-bond donors (Lipinski definition) is 3. The van der Waals surface area contributed by atoms with Crippen LogP contribution in [0.25, 0.3) is 0 Å². The third kappa shape index (κ3) is 13.5. The van der Waals surface area contributed by atoms with Gasteiger partial charge >= 0.3 is 11.9 Å². The van der Waals surface area contributed by atoms with E-state index in [4.69, 9.17) is 20.7 Å². The largest absolute Gasteiger partial charge is 0.481 e. The smallest absolute Gasteiger partial charge is 0.320 e. The summed E-state index contributed by atoms with van der Waals surface area (Å²) in [5.41, 5.74) is 5.00. The van der Waals surface area contributed by atoms with Gasteiger partial charge in [0.1, 0.15) is 12.3 Å². The second kappa shape index (κ2) is 8.66. The van der Waals surface area contributed by atoms with Crippen molar-refractivity contribution in [2.75, 3.05) is 0 Å². The lowest BCUT2D eigenvalue weighted by Crippen LogP contribution is -2.30. The molecule has 6 nitrogen and oxygen atoms in total. The van der Waals surface area contributed by atoms with Crippen molar-refractivity contribution in [2.24, 2.45) is 5.73 Å². The van der Waals surface area contributed by atoms with Gasteiger partial charge in [0.2, 0.25) is 0 Å². The number of rotatable bonds is 4. The first-order valence-electron chi connectivity index (χ1n) is 3.55. The van der Waals surface area contributed by atoms with E-state index in [1.54, 1.807) is 0 Å². The van der Waals surface area contributed by atoms with Crippen molar-refractivity contribution in [2.45, 2.75) is 25.8 Å². The molecule has 0 aliphatic carbocycles. The van der Waals surface area contributed by atoms with Gasteiger partial charge in [0.15, 0.2) is 0 Å². The molecule has 0 radical (unpaired) electrons. The molecule has 0 spiro atoms. The van der Waals surface area contributed by atoms with Gasteiger partial charge in [-0.15, -0.1) is 0 Å². The van der Waals surface area contributed by atoms with E-state index in [-0.39, 0.29) is 12.8 Å². The molecule has 0 amide bonds. The van der Waals surface area contributed by atoms with E-state index < -0.39 is 18.0 Å². The Morgan fingerprint density at radius 3 is 2.08 bits per heavy atom. The van der Waals surface area contributed by atoms with Crippen LogP contribution >= 0.6 is 0 Å². The molecule has 0 bridgehead atoms. The fourth-order valence-corrected chi connectivity index (χ4v) is 0.402. The van der Waals surface area contributed by atoms with Gasteiger partial charge in [-0.3, -0.25) is 9.59 Å². The van der Waals surface area contributed by atoms with E-state index in [9.17, 15) is 9.59 Å². The SMILES string of the molecule is CC=O.NC(CCC(=O)O)C(=O)O.